The summed E-state index contributed by atoms with van der Waals surface area (Å²) in [5, 5.41) is 3.31. The molecule has 0 aliphatic heterocycles. The Morgan fingerprint density at radius 2 is 1.95 bits per heavy atom. The average Bonchev–Trinajstić information content (AvgIpc) is 2.27. The highest BCUT2D eigenvalue weighted by molar-refractivity contribution is 5.29. The predicted molar refractivity (Wildman–Crippen MR) is 77.9 cm³/mol. The summed E-state index contributed by atoms with van der Waals surface area (Å²) in [6, 6.07) is 4.94. The zero-order valence-corrected chi connectivity index (χ0v) is 12.5. The maximum absolute atomic E-state index is 13.5. The van der Waals surface area contributed by atoms with E-state index in [1.807, 2.05) is 13.0 Å². The van der Waals surface area contributed by atoms with Gasteiger partial charge in [-0.2, -0.15) is 0 Å². The lowest BCUT2D eigenvalue weighted by molar-refractivity contribution is 0.209. The Kier molecular flexibility index (Phi) is 6.85. The Hall–Kier alpha value is -1.09. The van der Waals surface area contributed by atoms with Crippen molar-refractivity contribution < 1.29 is 9.13 Å². The highest BCUT2D eigenvalue weighted by Gasteiger charge is 2.06. The molecule has 0 spiro atoms. The summed E-state index contributed by atoms with van der Waals surface area (Å²) < 4.78 is 19.3. The van der Waals surface area contributed by atoms with Crippen LogP contribution in [0.4, 0.5) is 4.39 Å². The molecule has 1 N–H and O–H groups in total. The van der Waals surface area contributed by atoms with E-state index >= 15 is 0 Å². The van der Waals surface area contributed by atoms with E-state index in [0.29, 0.717) is 18.2 Å². The molecule has 0 amide bonds. The van der Waals surface area contributed by atoms with Gasteiger partial charge in [-0.1, -0.05) is 27.2 Å². The third kappa shape index (κ3) is 6.58. The van der Waals surface area contributed by atoms with E-state index in [0.717, 1.165) is 24.9 Å². The molecule has 0 aliphatic rings. The summed E-state index contributed by atoms with van der Waals surface area (Å²) in [6.07, 6.45) is 2.18. The van der Waals surface area contributed by atoms with E-state index in [1.54, 1.807) is 6.07 Å². The van der Waals surface area contributed by atoms with Crippen molar-refractivity contribution in [3.8, 4) is 5.75 Å². The van der Waals surface area contributed by atoms with Crippen LogP contribution in [0.5, 0.6) is 5.75 Å². The number of benzene rings is 1. The van der Waals surface area contributed by atoms with Gasteiger partial charge in [-0.25, -0.2) is 4.39 Å². The Morgan fingerprint density at radius 1 is 1.21 bits per heavy atom. The zero-order valence-electron chi connectivity index (χ0n) is 12.5. The zero-order chi connectivity index (χ0) is 14.3. The molecule has 2 nitrogen and oxygen atoms in total. The molecule has 0 heterocycles. The third-order valence-electron chi connectivity index (χ3n) is 2.85. The first-order chi connectivity index (χ1) is 9.01. The number of ether oxygens (including phenoxy) is 1. The van der Waals surface area contributed by atoms with Crippen molar-refractivity contribution in [3.05, 3.63) is 29.6 Å². The highest BCUT2D eigenvalue weighted by atomic mass is 19.1. The first kappa shape index (κ1) is 16.0. The molecule has 0 saturated heterocycles. The molecule has 0 aromatic heterocycles. The molecule has 1 aromatic rings. The van der Waals surface area contributed by atoms with Crippen LogP contribution in [0.15, 0.2) is 18.2 Å². The fourth-order valence-corrected chi connectivity index (χ4v) is 1.99. The summed E-state index contributed by atoms with van der Waals surface area (Å²) in [6.45, 7) is 10.0. The van der Waals surface area contributed by atoms with E-state index < -0.39 is 0 Å². The van der Waals surface area contributed by atoms with Crippen LogP contribution in [-0.4, -0.2) is 12.6 Å². The largest absolute Gasteiger partial charge is 0.491 e. The van der Waals surface area contributed by atoms with Gasteiger partial charge in [0.05, 0.1) is 6.10 Å². The van der Waals surface area contributed by atoms with E-state index in [9.17, 15) is 4.39 Å². The van der Waals surface area contributed by atoms with Crippen LogP contribution >= 0.6 is 0 Å². The summed E-state index contributed by atoms with van der Waals surface area (Å²) in [7, 11) is 0. The first-order valence-electron chi connectivity index (χ1n) is 7.18. The van der Waals surface area contributed by atoms with Gasteiger partial charge in [-0.15, -0.1) is 0 Å². The minimum atomic E-state index is -0.234. The van der Waals surface area contributed by atoms with Crippen LogP contribution in [0, 0.1) is 11.7 Å². The molecule has 0 bridgehead atoms. The van der Waals surface area contributed by atoms with Gasteiger partial charge in [0.1, 0.15) is 11.6 Å². The summed E-state index contributed by atoms with van der Waals surface area (Å²) in [5.74, 6) is 0.985. The number of halogens is 1. The van der Waals surface area contributed by atoms with E-state index in [4.69, 9.17) is 4.74 Å². The van der Waals surface area contributed by atoms with Crippen LogP contribution in [0.25, 0.3) is 0 Å². The van der Waals surface area contributed by atoms with Gasteiger partial charge < -0.3 is 10.1 Å². The molecular formula is C16H26FNO. The second kappa shape index (κ2) is 8.16. The molecule has 0 radical (unpaired) electrons. The lowest BCUT2D eigenvalue weighted by atomic mass is 10.1. The van der Waals surface area contributed by atoms with Crippen molar-refractivity contribution in [1.82, 2.24) is 5.32 Å². The monoisotopic (exact) mass is 267 g/mol. The van der Waals surface area contributed by atoms with Gasteiger partial charge in [0.2, 0.25) is 0 Å². The van der Waals surface area contributed by atoms with E-state index in [2.05, 4.69) is 26.1 Å². The number of rotatable bonds is 8. The molecule has 19 heavy (non-hydrogen) atoms. The number of hydrogen-bond donors (Lipinski definition) is 1. The quantitative estimate of drug-likeness (QED) is 0.764. The fraction of sp³-hybridized carbons (Fsp3) is 0.625. The van der Waals surface area contributed by atoms with Crippen LogP contribution in [0.2, 0.25) is 0 Å². The van der Waals surface area contributed by atoms with Crippen molar-refractivity contribution in [2.75, 3.05) is 6.54 Å². The van der Waals surface area contributed by atoms with Gasteiger partial charge in [0.25, 0.3) is 0 Å². The summed E-state index contributed by atoms with van der Waals surface area (Å²) in [4.78, 5) is 0. The third-order valence-corrected chi connectivity index (χ3v) is 2.85. The van der Waals surface area contributed by atoms with Gasteiger partial charge in [-0.3, -0.25) is 0 Å². The van der Waals surface area contributed by atoms with Crippen LogP contribution in [0.3, 0.4) is 0 Å². The molecule has 108 valence electrons. The molecule has 3 heteroatoms. The topological polar surface area (TPSA) is 21.3 Å². The van der Waals surface area contributed by atoms with E-state index in [1.165, 1.54) is 6.07 Å². The smallest absolute Gasteiger partial charge is 0.127 e. The van der Waals surface area contributed by atoms with E-state index in [-0.39, 0.29) is 11.9 Å². The lowest BCUT2D eigenvalue weighted by Gasteiger charge is -2.15. The van der Waals surface area contributed by atoms with Gasteiger partial charge in [-0.05, 0) is 43.5 Å². The van der Waals surface area contributed by atoms with Crippen LogP contribution < -0.4 is 10.1 Å². The Labute approximate surface area is 116 Å². The number of hydrogen-bond acceptors (Lipinski definition) is 2. The minimum Gasteiger partial charge on any atom is -0.491 e. The predicted octanol–water partition coefficient (Wildman–Crippen LogP) is 4.14. The number of nitrogens with one attached hydrogen (secondary N) is 1. The molecule has 1 rings (SSSR count). The molecule has 0 saturated carbocycles. The maximum atomic E-state index is 13.5. The Morgan fingerprint density at radius 3 is 2.58 bits per heavy atom. The molecule has 1 unspecified atom stereocenters. The standard InChI is InChI=1S/C16H26FNO/c1-5-6-13(4)19-16-8-14(7-15(17)9-16)11-18-10-12(2)3/h7-9,12-13,18H,5-6,10-11H2,1-4H3. The van der Waals surface area contributed by atoms with Crippen LogP contribution in [-0.2, 0) is 6.54 Å². The van der Waals surface area contributed by atoms with Crippen molar-refractivity contribution in [2.24, 2.45) is 5.92 Å². The SMILES string of the molecule is CCCC(C)Oc1cc(F)cc(CNCC(C)C)c1. The van der Waals surface area contributed by atoms with Crippen molar-refractivity contribution in [1.29, 1.82) is 0 Å². The average molecular weight is 267 g/mol. The Bertz CT molecular complexity index is 379. The maximum Gasteiger partial charge on any atom is 0.127 e. The fourth-order valence-electron chi connectivity index (χ4n) is 1.99. The molecule has 0 fully saturated rings. The molecule has 1 atom stereocenters. The first-order valence-corrected chi connectivity index (χ1v) is 7.18. The van der Waals surface area contributed by atoms with Crippen LogP contribution in [0.1, 0.15) is 46.1 Å². The molecule has 1 aromatic carbocycles. The summed E-state index contributed by atoms with van der Waals surface area (Å²) in [5.41, 5.74) is 0.930. The van der Waals surface area contributed by atoms with Gasteiger partial charge >= 0.3 is 0 Å². The van der Waals surface area contributed by atoms with Crippen molar-refractivity contribution in [2.45, 2.75) is 53.2 Å². The minimum absolute atomic E-state index is 0.128. The second-order valence-electron chi connectivity index (χ2n) is 5.54. The normalized spacial score (nSPS) is 12.7. The summed E-state index contributed by atoms with van der Waals surface area (Å²) >= 11 is 0. The molecular weight excluding hydrogens is 241 g/mol. The van der Waals surface area contributed by atoms with Crippen molar-refractivity contribution in [3.63, 3.8) is 0 Å². The van der Waals surface area contributed by atoms with Crippen molar-refractivity contribution >= 4 is 0 Å². The van der Waals surface area contributed by atoms with Gasteiger partial charge in [0.15, 0.2) is 0 Å². The Balaban J connectivity index is 2.60. The molecule has 0 aliphatic carbocycles. The highest BCUT2D eigenvalue weighted by Crippen LogP contribution is 2.19. The second-order valence-corrected chi connectivity index (χ2v) is 5.54. The lowest BCUT2D eigenvalue weighted by Crippen LogP contribution is -2.19. The van der Waals surface area contributed by atoms with Gasteiger partial charge in [0, 0.05) is 12.6 Å².